The van der Waals surface area contributed by atoms with Gasteiger partial charge in [-0.25, -0.2) is 4.39 Å². The largest absolute Gasteiger partial charge is 0.346 e. The Labute approximate surface area is 173 Å². The van der Waals surface area contributed by atoms with E-state index in [0.717, 1.165) is 5.56 Å². The van der Waals surface area contributed by atoms with Crippen molar-refractivity contribution in [3.8, 4) is 0 Å². The molecule has 0 bridgehead atoms. The van der Waals surface area contributed by atoms with E-state index in [4.69, 9.17) is 0 Å². The lowest BCUT2D eigenvalue weighted by molar-refractivity contribution is 0.0642. The standard InChI is InChI=1S/C24H19FN2O3/c1-15(17-9-11-19(25)12-10-17)26-22(28)18-6-4-5-16(13-18)14-27-23(29)20-7-2-3-8-21(20)24(27)30/h2-13,15H,14H2,1H3,(H,26,28). The van der Waals surface area contributed by atoms with E-state index in [2.05, 4.69) is 5.32 Å². The molecular formula is C24H19FN2O3. The van der Waals surface area contributed by atoms with Crippen LogP contribution in [0.1, 0.15) is 55.2 Å². The molecule has 5 nitrogen and oxygen atoms in total. The Morgan fingerprint density at radius 2 is 1.57 bits per heavy atom. The van der Waals surface area contributed by atoms with Crippen molar-refractivity contribution in [3.05, 3.63) is 106 Å². The molecule has 3 amide bonds. The van der Waals surface area contributed by atoms with Crippen LogP contribution in [0.2, 0.25) is 0 Å². The van der Waals surface area contributed by atoms with Crippen LogP contribution >= 0.6 is 0 Å². The third kappa shape index (κ3) is 3.72. The monoisotopic (exact) mass is 402 g/mol. The van der Waals surface area contributed by atoms with Crippen molar-refractivity contribution in [2.45, 2.75) is 19.5 Å². The number of carbonyl (C=O) groups excluding carboxylic acids is 3. The zero-order chi connectivity index (χ0) is 21.3. The number of imide groups is 1. The molecule has 1 heterocycles. The Kier molecular flexibility index (Phi) is 5.14. The van der Waals surface area contributed by atoms with Gasteiger partial charge in [0.1, 0.15) is 5.82 Å². The lowest BCUT2D eigenvalue weighted by atomic mass is 10.1. The van der Waals surface area contributed by atoms with Crippen LogP contribution in [0, 0.1) is 5.82 Å². The van der Waals surface area contributed by atoms with Gasteiger partial charge in [-0.2, -0.15) is 0 Å². The third-order valence-electron chi connectivity index (χ3n) is 5.13. The lowest BCUT2D eigenvalue weighted by Gasteiger charge is -2.16. The molecule has 1 atom stereocenters. The fraction of sp³-hybridized carbons (Fsp3) is 0.125. The van der Waals surface area contributed by atoms with E-state index in [1.807, 2.05) is 6.92 Å². The van der Waals surface area contributed by atoms with Crippen molar-refractivity contribution in [3.63, 3.8) is 0 Å². The first-order chi connectivity index (χ1) is 14.4. The number of nitrogens with zero attached hydrogens (tertiary/aromatic N) is 1. The first-order valence-corrected chi connectivity index (χ1v) is 9.54. The van der Waals surface area contributed by atoms with Crippen molar-refractivity contribution < 1.29 is 18.8 Å². The number of hydrogen-bond donors (Lipinski definition) is 1. The molecule has 0 saturated heterocycles. The summed E-state index contributed by atoms with van der Waals surface area (Å²) in [6.45, 7) is 1.90. The molecular weight excluding hydrogens is 383 g/mol. The van der Waals surface area contributed by atoms with Gasteiger partial charge in [-0.05, 0) is 54.4 Å². The molecule has 1 N–H and O–H groups in total. The SMILES string of the molecule is CC(NC(=O)c1cccc(CN2C(=O)c3ccccc3C2=O)c1)c1ccc(F)cc1. The number of amides is 3. The van der Waals surface area contributed by atoms with Gasteiger partial charge in [-0.1, -0.05) is 36.4 Å². The molecule has 4 rings (SSSR count). The van der Waals surface area contributed by atoms with Crippen molar-refractivity contribution in [2.24, 2.45) is 0 Å². The fourth-order valence-corrected chi connectivity index (χ4v) is 3.49. The molecule has 0 saturated carbocycles. The highest BCUT2D eigenvalue weighted by molar-refractivity contribution is 6.21. The summed E-state index contributed by atoms with van der Waals surface area (Å²) in [5.74, 6) is -1.31. The normalized spacial score (nSPS) is 13.9. The van der Waals surface area contributed by atoms with E-state index in [-0.39, 0.29) is 36.1 Å². The number of benzene rings is 3. The van der Waals surface area contributed by atoms with Gasteiger partial charge >= 0.3 is 0 Å². The van der Waals surface area contributed by atoms with E-state index >= 15 is 0 Å². The summed E-state index contributed by atoms with van der Waals surface area (Å²) < 4.78 is 13.1. The van der Waals surface area contributed by atoms with Crippen LogP contribution in [0.25, 0.3) is 0 Å². The topological polar surface area (TPSA) is 66.5 Å². The van der Waals surface area contributed by atoms with E-state index in [1.54, 1.807) is 60.7 Å². The van der Waals surface area contributed by atoms with Crippen molar-refractivity contribution in [1.29, 1.82) is 0 Å². The Morgan fingerprint density at radius 1 is 0.933 bits per heavy atom. The molecule has 0 aliphatic carbocycles. The smallest absolute Gasteiger partial charge is 0.261 e. The minimum absolute atomic E-state index is 0.0843. The second-order valence-electron chi connectivity index (χ2n) is 7.19. The highest BCUT2D eigenvalue weighted by Gasteiger charge is 2.35. The first kappa shape index (κ1) is 19.5. The van der Waals surface area contributed by atoms with Gasteiger partial charge < -0.3 is 5.32 Å². The van der Waals surface area contributed by atoms with Gasteiger partial charge in [-0.3, -0.25) is 19.3 Å². The van der Waals surface area contributed by atoms with Gasteiger partial charge in [0.05, 0.1) is 23.7 Å². The van der Waals surface area contributed by atoms with Crippen LogP contribution in [-0.2, 0) is 6.54 Å². The van der Waals surface area contributed by atoms with E-state index in [1.165, 1.54) is 17.0 Å². The highest BCUT2D eigenvalue weighted by Crippen LogP contribution is 2.24. The third-order valence-corrected chi connectivity index (χ3v) is 5.13. The Morgan fingerprint density at radius 3 is 2.20 bits per heavy atom. The summed E-state index contributed by atoms with van der Waals surface area (Å²) >= 11 is 0. The van der Waals surface area contributed by atoms with E-state index in [0.29, 0.717) is 22.3 Å². The summed E-state index contributed by atoms with van der Waals surface area (Å²) in [6, 6.07) is 19.2. The van der Waals surface area contributed by atoms with Crippen LogP contribution in [0.4, 0.5) is 4.39 Å². The van der Waals surface area contributed by atoms with E-state index < -0.39 is 0 Å². The second kappa shape index (κ2) is 7.91. The molecule has 0 aromatic heterocycles. The maximum atomic E-state index is 13.1. The molecule has 0 radical (unpaired) electrons. The average molecular weight is 402 g/mol. The van der Waals surface area contributed by atoms with Gasteiger partial charge in [-0.15, -0.1) is 0 Å². The summed E-state index contributed by atoms with van der Waals surface area (Å²) in [5.41, 5.74) is 2.66. The van der Waals surface area contributed by atoms with Crippen LogP contribution in [0.5, 0.6) is 0 Å². The molecule has 150 valence electrons. The van der Waals surface area contributed by atoms with Gasteiger partial charge in [0.2, 0.25) is 0 Å². The summed E-state index contributed by atoms with van der Waals surface area (Å²) in [4.78, 5) is 39.0. The number of nitrogens with one attached hydrogen (secondary N) is 1. The Balaban J connectivity index is 1.48. The molecule has 1 aliphatic heterocycles. The zero-order valence-corrected chi connectivity index (χ0v) is 16.3. The maximum absolute atomic E-state index is 13.1. The van der Waals surface area contributed by atoms with Crippen molar-refractivity contribution >= 4 is 17.7 Å². The quantitative estimate of drug-likeness (QED) is 0.653. The molecule has 3 aromatic rings. The lowest BCUT2D eigenvalue weighted by Crippen LogP contribution is -2.29. The van der Waals surface area contributed by atoms with Crippen molar-refractivity contribution in [1.82, 2.24) is 10.2 Å². The van der Waals surface area contributed by atoms with E-state index in [9.17, 15) is 18.8 Å². The first-order valence-electron chi connectivity index (χ1n) is 9.54. The Bertz CT molecular complexity index is 1110. The van der Waals surface area contributed by atoms with Crippen LogP contribution in [0.3, 0.4) is 0 Å². The summed E-state index contributed by atoms with van der Waals surface area (Å²) in [6.07, 6.45) is 0. The van der Waals surface area contributed by atoms with Crippen molar-refractivity contribution in [2.75, 3.05) is 0 Å². The molecule has 1 aliphatic rings. The maximum Gasteiger partial charge on any atom is 0.261 e. The van der Waals surface area contributed by atoms with Crippen LogP contribution in [0.15, 0.2) is 72.8 Å². The molecule has 0 spiro atoms. The number of carbonyl (C=O) groups is 3. The second-order valence-corrected chi connectivity index (χ2v) is 7.19. The summed E-state index contributed by atoms with van der Waals surface area (Å²) in [7, 11) is 0. The molecule has 1 unspecified atom stereocenters. The van der Waals surface area contributed by atoms with Gasteiger partial charge in [0.25, 0.3) is 17.7 Å². The highest BCUT2D eigenvalue weighted by atomic mass is 19.1. The van der Waals surface area contributed by atoms with Gasteiger partial charge in [0.15, 0.2) is 0 Å². The number of fused-ring (bicyclic) bond motifs is 1. The van der Waals surface area contributed by atoms with Crippen LogP contribution < -0.4 is 5.32 Å². The number of hydrogen-bond acceptors (Lipinski definition) is 3. The molecule has 6 heteroatoms. The molecule has 0 fully saturated rings. The summed E-state index contributed by atoms with van der Waals surface area (Å²) in [5, 5.41) is 2.88. The predicted octanol–water partition coefficient (Wildman–Crippen LogP) is 4.11. The number of halogens is 1. The van der Waals surface area contributed by atoms with Gasteiger partial charge in [0, 0.05) is 5.56 Å². The average Bonchev–Trinajstić information content (AvgIpc) is 2.99. The minimum atomic E-state index is -0.338. The fourth-order valence-electron chi connectivity index (χ4n) is 3.49. The van der Waals surface area contributed by atoms with Crippen LogP contribution in [-0.4, -0.2) is 22.6 Å². The minimum Gasteiger partial charge on any atom is -0.346 e. The Hall–Kier alpha value is -3.80. The zero-order valence-electron chi connectivity index (χ0n) is 16.3. The number of rotatable bonds is 5. The predicted molar refractivity (Wildman–Crippen MR) is 109 cm³/mol. The molecule has 3 aromatic carbocycles. The molecule has 30 heavy (non-hydrogen) atoms.